The van der Waals surface area contributed by atoms with Crippen molar-refractivity contribution >= 4 is 5.91 Å². The zero-order chi connectivity index (χ0) is 18.4. The molecule has 0 aliphatic heterocycles. The van der Waals surface area contributed by atoms with Crippen LogP contribution in [0.1, 0.15) is 10.5 Å². The highest BCUT2D eigenvalue weighted by atomic mass is 16.5. The summed E-state index contributed by atoms with van der Waals surface area (Å²) in [4.78, 5) is 12.3. The van der Waals surface area contributed by atoms with Crippen LogP contribution in [0.4, 0.5) is 0 Å². The van der Waals surface area contributed by atoms with Crippen LogP contribution in [0.15, 0.2) is 60.7 Å². The van der Waals surface area contributed by atoms with E-state index < -0.39 is 0 Å². The smallest absolute Gasteiger partial charge is 0.271 e. The Morgan fingerprint density at radius 3 is 2.46 bits per heavy atom. The Kier molecular flexibility index (Phi) is 5.53. The lowest BCUT2D eigenvalue weighted by atomic mass is 10.1. The Morgan fingerprint density at radius 1 is 1.08 bits per heavy atom. The number of hydrogen-bond acceptors (Lipinski definition) is 4. The second-order valence-electron chi connectivity index (χ2n) is 5.68. The third-order valence-corrected chi connectivity index (χ3v) is 3.90. The molecular formula is C20H21N3O3. The van der Waals surface area contributed by atoms with Gasteiger partial charge >= 0.3 is 0 Å². The highest BCUT2D eigenvalue weighted by Crippen LogP contribution is 2.19. The molecule has 3 aromatic rings. The number of aromatic nitrogens is 2. The molecule has 0 saturated carbocycles. The first-order valence-electron chi connectivity index (χ1n) is 8.32. The number of aryl methyl sites for hydroxylation is 1. The van der Waals surface area contributed by atoms with Gasteiger partial charge in [0.1, 0.15) is 18.1 Å². The van der Waals surface area contributed by atoms with Gasteiger partial charge in [-0.05, 0) is 35.9 Å². The number of methoxy groups -OCH3 is 1. The normalized spacial score (nSPS) is 10.4. The molecule has 3 rings (SSSR count). The molecule has 0 atom stereocenters. The van der Waals surface area contributed by atoms with Crippen LogP contribution in [0.3, 0.4) is 0 Å². The molecule has 1 aromatic heterocycles. The summed E-state index contributed by atoms with van der Waals surface area (Å²) >= 11 is 0. The van der Waals surface area contributed by atoms with E-state index >= 15 is 0 Å². The minimum Gasteiger partial charge on any atom is -0.497 e. The van der Waals surface area contributed by atoms with Gasteiger partial charge in [-0.3, -0.25) is 9.48 Å². The molecule has 0 aliphatic rings. The van der Waals surface area contributed by atoms with Gasteiger partial charge in [-0.25, -0.2) is 0 Å². The lowest BCUT2D eigenvalue weighted by Gasteiger charge is -2.07. The third kappa shape index (κ3) is 4.22. The molecule has 0 aliphatic carbocycles. The summed E-state index contributed by atoms with van der Waals surface area (Å²) in [5, 5.41) is 7.11. The second kappa shape index (κ2) is 8.20. The van der Waals surface area contributed by atoms with E-state index in [-0.39, 0.29) is 5.91 Å². The molecule has 1 heterocycles. The van der Waals surface area contributed by atoms with Crippen LogP contribution < -0.4 is 14.8 Å². The number of ether oxygens (including phenoxy) is 2. The number of nitrogens with zero attached hydrogens (tertiary/aromatic N) is 2. The van der Waals surface area contributed by atoms with E-state index in [1.165, 1.54) is 0 Å². The maximum atomic E-state index is 12.3. The van der Waals surface area contributed by atoms with Crippen molar-refractivity contribution < 1.29 is 14.3 Å². The molecule has 134 valence electrons. The fraction of sp³-hybridized carbons (Fsp3) is 0.200. The second-order valence-corrected chi connectivity index (χ2v) is 5.68. The number of benzene rings is 2. The van der Waals surface area contributed by atoms with Gasteiger partial charge in [0.15, 0.2) is 5.69 Å². The predicted octanol–water partition coefficient (Wildman–Crippen LogP) is 2.90. The Labute approximate surface area is 152 Å². The molecule has 0 fully saturated rings. The van der Waals surface area contributed by atoms with Crippen molar-refractivity contribution in [1.82, 2.24) is 15.1 Å². The van der Waals surface area contributed by atoms with Gasteiger partial charge in [-0.1, -0.05) is 30.3 Å². The molecule has 6 nitrogen and oxygen atoms in total. The monoisotopic (exact) mass is 351 g/mol. The van der Waals surface area contributed by atoms with Gasteiger partial charge in [0.25, 0.3) is 5.91 Å². The van der Waals surface area contributed by atoms with Gasteiger partial charge in [-0.2, -0.15) is 5.10 Å². The minimum absolute atomic E-state index is 0.221. The maximum Gasteiger partial charge on any atom is 0.271 e. The Balaban J connectivity index is 1.52. The van der Waals surface area contributed by atoms with Gasteiger partial charge in [-0.15, -0.1) is 0 Å². The summed E-state index contributed by atoms with van der Waals surface area (Å²) < 4.78 is 12.4. The zero-order valence-electron chi connectivity index (χ0n) is 14.8. The number of hydrogen-bond donors (Lipinski definition) is 1. The average molecular weight is 351 g/mol. The number of rotatable bonds is 7. The van der Waals surface area contributed by atoms with Gasteiger partial charge in [0, 0.05) is 7.05 Å². The summed E-state index contributed by atoms with van der Waals surface area (Å²) in [5.74, 6) is 1.28. The van der Waals surface area contributed by atoms with E-state index in [2.05, 4.69) is 10.4 Å². The van der Waals surface area contributed by atoms with Gasteiger partial charge in [0.2, 0.25) is 0 Å². The first-order chi connectivity index (χ1) is 12.7. The van der Waals surface area contributed by atoms with E-state index in [1.807, 2.05) is 61.6 Å². The van der Waals surface area contributed by atoms with Crippen LogP contribution in [0.25, 0.3) is 11.3 Å². The largest absolute Gasteiger partial charge is 0.497 e. The van der Waals surface area contributed by atoms with Crippen LogP contribution in [-0.2, 0) is 7.05 Å². The topological polar surface area (TPSA) is 65.4 Å². The van der Waals surface area contributed by atoms with Crippen molar-refractivity contribution in [3.63, 3.8) is 0 Å². The van der Waals surface area contributed by atoms with Crippen molar-refractivity contribution in [3.05, 3.63) is 66.4 Å². The molecule has 0 spiro atoms. The molecule has 26 heavy (non-hydrogen) atoms. The fourth-order valence-electron chi connectivity index (χ4n) is 2.55. The molecule has 2 aromatic carbocycles. The minimum atomic E-state index is -0.221. The molecule has 0 saturated heterocycles. The SMILES string of the molecule is COc1ccc(OCCNC(=O)c2cc(-c3ccccc3)n(C)n2)cc1. The Hall–Kier alpha value is -3.28. The maximum absolute atomic E-state index is 12.3. The molecular weight excluding hydrogens is 330 g/mol. The van der Waals surface area contributed by atoms with Crippen LogP contribution in [0, 0.1) is 0 Å². The van der Waals surface area contributed by atoms with Crippen LogP contribution in [0.2, 0.25) is 0 Å². The summed E-state index contributed by atoms with van der Waals surface area (Å²) in [6, 6.07) is 18.9. The first kappa shape index (κ1) is 17.5. The predicted molar refractivity (Wildman–Crippen MR) is 99.5 cm³/mol. The Morgan fingerprint density at radius 2 is 1.77 bits per heavy atom. The van der Waals surface area contributed by atoms with Crippen molar-refractivity contribution in [2.75, 3.05) is 20.3 Å². The summed E-state index contributed by atoms with van der Waals surface area (Å²) in [7, 11) is 3.44. The zero-order valence-corrected chi connectivity index (χ0v) is 14.8. The lowest BCUT2D eigenvalue weighted by molar-refractivity contribution is 0.0941. The standard InChI is InChI=1S/C20H21N3O3/c1-23-19(15-6-4-3-5-7-15)14-18(22-23)20(24)21-12-13-26-17-10-8-16(25-2)9-11-17/h3-11,14H,12-13H2,1-2H3,(H,21,24). The fourth-order valence-corrected chi connectivity index (χ4v) is 2.55. The lowest BCUT2D eigenvalue weighted by Crippen LogP contribution is -2.28. The van der Waals surface area contributed by atoms with E-state index in [0.29, 0.717) is 18.8 Å². The number of carbonyl (C=O) groups excluding carboxylic acids is 1. The molecule has 6 heteroatoms. The summed E-state index contributed by atoms with van der Waals surface area (Å²) in [6.45, 7) is 0.762. The van der Waals surface area contributed by atoms with E-state index in [9.17, 15) is 4.79 Å². The average Bonchev–Trinajstić information content (AvgIpc) is 3.08. The highest BCUT2D eigenvalue weighted by molar-refractivity contribution is 5.93. The number of carbonyl (C=O) groups is 1. The quantitative estimate of drug-likeness (QED) is 0.665. The molecule has 1 amide bonds. The number of amides is 1. The van der Waals surface area contributed by atoms with Gasteiger partial charge in [0.05, 0.1) is 19.3 Å². The Bertz CT molecular complexity index is 858. The van der Waals surface area contributed by atoms with Crippen molar-refractivity contribution in [2.24, 2.45) is 7.05 Å². The van der Waals surface area contributed by atoms with E-state index in [1.54, 1.807) is 17.9 Å². The van der Waals surface area contributed by atoms with E-state index in [0.717, 1.165) is 22.8 Å². The van der Waals surface area contributed by atoms with Crippen molar-refractivity contribution in [2.45, 2.75) is 0 Å². The summed E-state index contributed by atoms with van der Waals surface area (Å²) in [6.07, 6.45) is 0. The first-order valence-corrected chi connectivity index (χ1v) is 8.32. The summed E-state index contributed by atoms with van der Waals surface area (Å²) in [5.41, 5.74) is 2.30. The molecule has 0 unspecified atom stereocenters. The van der Waals surface area contributed by atoms with Crippen LogP contribution >= 0.6 is 0 Å². The molecule has 1 N–H and O–H groups in total. The highest BCUT2D eigenvalue weighted by Gasteiger charge is 2.13. The van der Waals surface area contributed by atoms with Crippen LogP contribution in [0.5, 0.6) is 11.5 Å². The molecule has 0 bridgehead atoms. The van der Waals surface area contributed by atoms with Crippen molar-refractivity contribution in [1.29, 1.82) is 0 Å². The molecule has 0 radical (unpaired) electrons. The number of nitrogens with one attached hydrogen (secondary N) is 1. The van der Waals surface area contributed by atoms with Gasteiger partial charge < -0.3 is 14.8 Å². The van der Waals surface area contributed by atoms with E-state index in [4.69, 9.17) is 9.47 Å². The third-order valence-electron chi connectivity index (χ3n) is 3.90. The van der Waals surface area contributed by atoms with Crippen LogP contribution in [-0.4, -0.2) is 35.9 Å². The van der Waals surface area contributed by atoms with Crippen molar-refractivity contribution in [3.8, 4) is 22.8 Å².